The van der Waals surface area contributed by atoms with Gasteiger partial charge in [0.2, 0.25) is 5.82 Å². The molecule has 0 aliphatic heterocycles. The molecule has 25 heavy (non-hydrogen) atoms. The van der Waals surface area contributed by atoms with Crippen molar-refractivity contribution < 1.29 is 42.5 Å². The van der Waals surface area contributed by atoms with Crippen LogP contribution in [0.15, 0.2) is 29.2 Å². The van der Waals surface area contributed by atoms with E-state index in [1.165, 1.54) is 24.3 Å². The van der Waals surface area contributed by atoms with Crippen LogP contribution in [0.3, 0.4) is 0 Å². The number of hydrogen-bond donors (Lipinski definition) is 1. The van der Waals surface area contributed by atoms with E-state index in [9.17, 15) is 13.0 Å². The van der Waals surface area contributed by atoms with Gasteiger partial charge < -0.3 is 10.3 Å². The normalized spacial score (nSPS) is 11.1. The van der Waals surface area contributed by atoms with Gasteiger partial charge >= 0.3 is 29.6 Å². The van der Waals surface area contributed by atoms with Crippen molar-refractivity contribution in [2.45, 2.75) is 43.4 Å². The topological polar surface area (TPSA) is 135 Å². The first kappa shape index (κ1) is 22.1. The minimum atomic E-state index is -4.46. The van der Waals surface area contributed by atoms with E-state index < -0.39 is 10.1 Å². The summed E-state index contributed by atoms with van der Waals surface area (Å²) in [4.78, 5) is -0.293. The smallest absolute Gasteiger partial charge is 0.744 e. The number of benzene rings is 1. The van der Waals surface area contributed by atoms with E-state index in [1.54, 1.807) is 0 Å². The number of aromatic nitrogens is 4. The molecular formula is C15H20N5NaO3S. The van der Waals surface area contributed by atoms with Crippen molar-refractivity contribution in [3.8, 4) is 11.4 Å². The predicted molar refractivity (Wildman–Crippen MR) is 86.9 cm³/mol. The van der Waals surface area contributed by atoms with E-state index in [2.05, 4.69) is 20.4 Å². The van der Waals surface area contributed by atoms with E-state index >= 15 is 0 Å². The van der Waals surface area contributed by atoms with Crippen LogP contribution in [0.5, 0.6) is 0 Å². The molecule has 0 aliphatic rings. The van der Waals surface area contributed by atoms with Gasteiger partial charge in [0.05, 0.1) is 4.90 Å². The zero-order chi connectivity index (χ0) is 17.4. The van der Waals surface area contributed by atoms with Crippen molar-refractivity contribution in [1.29, 1.82) is 0 Å². The molecule has 8 nitrogen and oxygen atoms in total. The number of nitrogens with zero attached hydrogens (tertiary/aromatic N) is 4. The molecule has 0 spiro atoms. The number of aryl methyl sites for hydroxylation is 1. The molecule has 0 atom stereocenters. The zero-order valence-electron chi connectivity index (χ0n) is 14.3. The zero-order valence-corrected chi connectivity index (χ0v) is 17.1. The SMILES string of the molecule is NCCCCCCCc1nnc(-c2ccc(S(=O)(=O)[O-])cc2)nn1.[Na+]. The van der Waals surface area contributed by atoms with Crippen molar-refractivity contribution >= 4 is 10.1 Å². The molecule has 10 heteroatoms. The number of nitrogens with two attached hydrogens (primary N) is 1. The Bertz CT molecular complexity index is 739. The quantitative estimate of drug-likeness (QED) is 0.312. The molecule has 0 saturated carbocycles. The fourth-order valence-electron chi connectivity index (χ4n) is 2.19. The third-order valence-corrected chi connectivity index (χ3v) is 4.38. The van der Waals surface area contributed by atoms with Crippen molar-refractivity contribution in [2.24, 2.45) is 5.73 Å². The van der Waals surface area contributed by atoms with E-state index in [-0.39, 0.29) is 40.3 Å². The van der Waals surface area contributed by atoms with Gasteiger partial charge in [-0.25, -0.2) is 8.42 Å². The fourth-order valence-corrected chi connectivity index (χ4v) is 2.66. The van der Waals surface area contributed by atoms with Crippen molar-refractivity contribution in [3.05, 3.63) is 30.1 Å². The Morgan fingerprint density at radius 3 is 2.00 bits per heavy atom. The van der Waals surface area contributed by atoms with Crippen molar-refractivity contribution in [3.63, 3.8) is 0 Å². The van der Waals surface area contributed by atoms with E-state index in [1.807, 2.05) is 0 Å². The summed E-state index contributed by atoms with van der Waals surface area (Å²) in [5.74, 6) is 0.868. The molecule has 130 valence electrons. The second-order valence-electron chi connectivity index (χ2n) is 5.42. The van der Waals surface area contributed by atoms with E-state index in [4.69, 9.17) is 5.73 Å². The minimum Gasteiger partial charge on any atom is -0.744 e. The van der Waals surface area contributed by atoms with Crippen LogP contribution in [-0.2, 0) is 16.5 Å². The summed E-state index contributed by atoms with van der Waals surface area (Å²) in [5.41, 5.74) is 6.00. The summed E-state index contributed by atoms with van der Waals surface area (Å²) in [5, 5.41) is 16.1. The minimum absolute atomic E-state index is 0. The van der Waals surface area contributed by atoms with Crippen LogP contribution >= 0.6 is 0 Å². The van der Waals surface area contributed by atoms with Crippen molar-refractivity contribution in [2.75, 3.05) is 6.54 Å². The van der Waals surface area contributed by atoms with Gasteiger partial charge in [-0.15, -0.1) is 20.4 Å². The largest absolute Gasteiger partial charge is 1.00 e. The molecule has 2 aromatic rings. The summed E-state index contributed by atoms with van der Waals surface area (Å²) >= 11 is 0. The average Bonchev–Trinajstić information content (AvgIpc) is 2.58. The third kappa shape index (κ3) is 7.43. The number of rotatable bonds is 9. The molecule has 0 bridgehead atoms. The maximum absolute atomic E-state index is 10.9. The molecule has 0 fully saturated rings. The molecule has 0 aliphatic carbocycles. The first-order chi connectivity index (χ1) is 11.5. The van der Waals surface area contributed by atoms with Crippen molar-refractivity contribution in [1.82, 2.24) is 20.4 Å². The Labute approximate surface area is 169 Å². The average molecular weight is 373 g/mol. The van der Waals surface area contributed by atoms with Crippen LogP contribution in [0.25, 0.3) is 11.4 Å². The van der Waals surface area contributed by atoms with Crippen LogP contribution in [0, 0.1) is 0 Å². The molecule has 0 unspecified atom stereocenters. The molecule has 2 rings (SSSR count). The number of unbranched alkanes of at least 4 members (excludes halogenated alkanes) is 4. The maximum atomic E-state index is 10.9. The Morgan fingerprint density at radius 1 is 0.880 bits per heavy atom. The van der Waals surface area contributed by atoms with Crippen LogP contribution in [-0.4, -0.2) is 39.9 Å². The van der Waals surface area contributed by atoms with Gasteiger partial charge in [0.1, 0.15) is 10.1 Å². The second kappa shape index (κ2) is 10.9. The fraction of sp³-hybridized carbons (Fsp3) is 0.467. The standard InChI is InChI=1S/C15H21N5O3S.Na/c16-11-5-3-1-2-4-6-14-17-19-15(20-18-14)12-7-9-13(10-8-12)24(21,22)23;/h7-10H,1-6,11,16H2,(H,21,22,23);/q;+1/p-1. The van der Waals surface area contributed by atoms with Crippen LogP contribution in [0.2, 0.25) is 0 Å². The summed E-state index contributed by atoms with van der Waals surface area (Å²) in [6.07, 6.45) is 6.13. The Morgan fingerprint density at radius 2 is 1.44 bits per heavy atom. The van der Waals surface area contributed by atoms with Gasteiger partial charge in [0, 0.05) is 12.0 Å². The molecule has 1 heterocycles. The summed E-state index contributed by atoms with van der Waals surface area (Å²) in [6, 6.07) is 5.35. The first-order valence-electron chi connectivity index (χ1n) is 7.83. The second-order valence-corrected chi connectivity index (χ2v) is 6.80. The monoisotopic (exact) mass is 373 g/mol. The number of hydrogen-bond acceptors (Lipinski definition) is 8. The van der Waals surface area contributed by atoms with Gasteiger partial charge in [-0.3, -0.25) is 0 Å². The van der Waals surface area contributed by atoms with Crippen LogP contribution in [0.1, 0.15) is 37.9 Å². The summed E-state index contributed by atoms with van der Waals surface area (Å²) in [7, 11) is -4.46. The Hall–Kier alpha value is -0.970. The first-order valence-corrected chi connectivity index (χ1v) is 9.24. The van der Waals surface area contributed by atoms with Gasteiger partial charge in [-0.2, -0.15) is 0 Å². The molecule has 0 radical (unpaired) electrons. The van der Waals surface area contributed by atoms with Gasteiger partial charge in [-0.05, 0) is 43.7 Å². The van der Waals surface area contributed by atoms with Crippen LogP contribution < -0.4 is 35.3 Å². The molecule has 1 aromatic heterocycles. The molecule has 0 saturated heterocycles. The van der Waals surface area contributed by atoms with Crippen LogP contribution in [0.4, 0.5) is 0 Å². The Balaban J connectivity index is 0.00000312. The summed E-state index contributed by atoms with van der Waals surface area (Å²) < 4.78 is 32.7. The van der Waals surface area contributed by atoms with Gasteiger partial charge in [0.25, 0.3) is 0 Å². The molecular weight excluding hydrogens is 353 g/mol. The Kier molecular flexibility index (Phi) is 9.62. The predicted octanol–water partition coefficient (Wildman–Crippen LogP) is -1.71. The molecule has 2 N–H and O–H groups in total. The summed E-state index contributed by atoms with van der Waals surface area (Å²) in [6.45, 7) is 0.736. The molecule has 0 amide bonds. The van der Waals surface area contributed by atoms with E-state index in [0.29, 0.717) is 11.4 Å². The van der Waals surface area contributed by atoms with E-state index in [0.717, 1.165) is 45.1 Å². The van der Waals surface area contributed by atoms with Gasteiger partial charge in [0.15, 0.2) is 5.82 Å². The molecule has 1 aromatic carbocycles. The maximum Gasteiger partial charge on any atom is 1.00 e. The third-order valence-electron chi connectivity index (χ3n) is 3.53. The van der Waals surface area contributed by atoms with Gasteiger partial charge in [-0.1, -0.05) is 19.3 Å².